The van der Waals surface area contributed by atoms with Crippen molar-refractivity contribution in [3.05, 3.63) is 59.0 Å². The molecule has 0 saturated heterocycles. The summed E-state index contributed by atoms with van der Waals surface area (Å²) in [5, 5.41) is 1.67. The minimum Gasteiger partial charge on any atom is -0.360 e. The van der Waals surface area contributed by atoms with E-state index in [1.807, 2.05) is 48.7 Å². The first kappa shape index (κ1) is 8.97. The molecule has 0 spiro atoms. The Morgan fingerprint density at radius 2 is 1.81 bits per heavy atom. The average Bonchev–Trinajstić information content (AvgIpc) is 2.82. The van der Waals surface area contributed by atoms with Gasteiger partial charge in [0.1, 0.15) is 0 Å². The highest BCUT2D eigenvalue weighted by molar-refractivity contribution is 5.84. The second kappa shape index (κ2) is 3.38. The fourth-order valence-electron chi connectivity index (χ4n) is 1.85. The molecule has 0 aliphatic heterocycles. The van der Waals surface area contributed by atoms with Gasteiger partial charge in [0.25, 0.3) is 5.56 Å². The van der Waals surface area contributed by atoms with Crippen molar-refractivity contribution in [3.8, 4) is 11.4 Å². The standard InChI is InChI=1S/C13H10N2O/c16-13-10-5-2-1-4-9(10)8-12(15-13)11-6-3-7-14-11/h1-8,14H,(H,15,16). The molecule has 0 aliphatic carbocycles. The molecule has 0 saturated carbocycles. The SMILES string of the molecule is O=c1[nH]c(-c2ccc[nH]2)cc2ccccc12. The predicted octanol–water partition coefficient (Wildman–Crippen LogP) is 2.52. The van der Waals surface area contributed by atoms with Crippen LogP contribution in [0.15, 0.2) is 53.5 Å². The van der Waals surface area contributed by atoms with Crippen molar-refractivity contribution in [1.29, 1.82) is 0 Å². The summed E-state index contributed by atoms with van der Waals surface area (Å²) in [6, 6.07) is 13.4. The van der Waals surface area contributed by atoms with E-state index in [0.717, 1.165) is 22.2 Å². The third kappa shape index (κ3) is 1.34. The number of hydrogen-bond acceptors (Lipinski definition) is 1. The van der Waals surface area contributed by atoms with Crippen molar-refractivity contribution in [2.24, 2.45) is 0 Å². The quantitative estimate of drug-likeness (QED) is 0.637. The van der Waals surface area contributed by atoms with Gasteiger partial charge in [0.2, 0.25) is 0 Å². The van der Waals surface area contributed by atoms with Gasteiger partial charge in [-0.05, 0) is 29.7 Å². The maximum atomic E-state index is 11.8. The molecular formula is C13H10N2O. The van der Waals surface area contributed by atoms with Crippen molar-refractivity contribution in [2.45, 2.75) is 0 Å². The van der Waals surface area contributed by atoms with E-state index in [2.05, 4.69) is 9.97 Å². The normalized spacial score (nSPS) is 10.8. The van der Waals surface area contributed by atoms with Crippen LogP contribution in [-0.2, 0) is 0 Å². The Labute approximate surface area is 91.8 Å². The summed E-state index contributed by atoms with van der Waals surface area (Å²) >= 11 is 0. The second-order valence-electron chi connectivity index (χ2n) is 3.68. The van der Waals surface area contributed by atoms with Crippen LogP contribution in [0, 0.1) is 0 Å². The first-order valence-electron chi connectivity index (χ1n) is 5.10. The van der Waals surface area contributed by atoms with Crippen molar-refractivity contribution >= 4 is 10.8 Å². The molecule has 0 fully saturated rings. The smallest absolute Gasteiger partial charge is 0.256 e. The van der Waals surface area contributed by atoms with E-state index in [9.17, 15) is 4.79 Å². The van der Waals surface area contributed by atoms with E-state index in [1.54, 1.807) is 0 Å². The molecule has 16 heavy (non-hydrogen) atoms. The molecular weight excluding hydrogens is 200 g/mol. The lowest BCUT2D eigenvalue weighted by molar-refractivity contribution is 1.25. The Bertz CT molecular complexity index is 680. The van der Waals surface area contributed by atoms with Crippen molar-refractivity contribution in [3.63, 3.8) is 0 Å². The molecule has 0 amide bonds. The van der Waals surface area contributed by atoms with Crippen LogP contribution in [0.2, 0.25) is 0 Å². The monoisotopic (exact) mass is 210 g/mol. The van der Waals surface area contributed by atoms with Crippen LogP contribution in [0.25, 0.3) is 22.2 Å². The van der Waals surface area contributed by atoms with Gasteiger partial charge in [-0.1, -0.05) is 18.2 Å². The molecule has 3 heteroatoms. The summed E-state index contributed by atoms with van der Waals surface area (Å²) in [5.41, 5.74) is 1.68. The molecule has 3 aromatic rings. The maximum Gasteiger partial charge on any atom is 0.256 e. The molecule has 0 radical (unpaired) electrons. The van der Waals surface area contributed by atoms with E-state index in [1.165, 1.54) is 0 Å². The summed E-state index contributed by atoms with van der Waals surface area (Å²) in [6.45, 7) is 0. The van der Waals surface area contributed by atoms with Crippen molar-refractivity contribution in [2.75, 3.05) is 0 Å². The van der Waals surface area contributed by atoms with E-state index in [-0.39, 0.29) is 5.56 Å². The predicted molar refractivity (Wildman–Crippen MR) is 64.4 cm³/mol. The lowest BCUT2D eigenvalue weighted by Gasteiger charge is -2.01. The lowest BCUT2D eigenvalue weighted by atomic mass is 10.1. The summed E-state index contributed by atoms with van der Waals surface area (Å²) in [4.78, 5) is 17.8. The van der Waals surface area contributed by atoms with Crippen LogP contribution >= 0.6 is 0 Å². The van der Waals surface area contributed by atoms with Gasteiger partial charge in [-0.3, -0.25) is 4.79 Å². The Kier molecular flexibility index (Phi) is 1.90. The first-order valence-corrected chi connectivity index (χ1v) is 5.10. The molecule has 2 aromatic heterocycles. The van der Waals surface area contributed by atoms with Gasteiger partial charge >= 0.3 is 0 Å². The van der Waals surface area contributed by atoms with Crippen LogP contribution in [0.5, 0.6) is 0 Å². The Hall–Kier alpha value is -2.29. The molecule has 2 heterocycles. The average molecular weight is 210 g/mol. The number of aromatic nitrogens is 2. The Balaban J connectivity index is 2.34. The molecule has 3 nitrogen and oxygen atoms in total. The van der Waals surface area contributed by atoms with E-state index in [0.29, 0.717) is 0 Å². The van der Waals surface area contributed by atoms with Gasteiger partial charge in [-0.2, -0.15) is 0 Å². The third-order valence-corrected chi connectivity index (χ3v) is 2.64. The number of rotatable bonds is 1. The number of nitrogens with one attached hydrogen (secondary N) is 2. The van der Waals surface area contributed by atoms with E-state index < -0.39 is 0 Å². The van der Waals surface area contributed by atoms with Crippen LogP contribution < -0.4 is 5.56 Å². The molecule has 3 rings (SSSR count). The number of hydrogen-bond donors (Lipinski definition) is 2. The van der Waals surface area contributed by atoms with Gasteiger partial charge < -0.3 is 9.97 Å². The molecule has 78 valence electrons. The topological polar surface area (TPSA) is 48.6 Å². The zero-order valence-electron chi connectivity index (χ0n) is 8.53. The summed E-state index contributed by atoms with van der Waals surface area (Å²) < 4.78 is 0. The summed E-state index contributed by atoms with van der Waals surface area (Å²) in [5.74, 6) is 0. The number of pyridine rings is 1. The highest BCUT2D eigenvalue weighted by Gasteiger charge is 2.03. The van der Waals surface area contributed by atoms with Crippen LogP contribution in [0.3, 0.4) is 0 Å². The lowest BCUT2D eigenvalue weighted by Crippen LogP contribution is -2.06. The minimum atomic E-state index is -0.0531. The Morgan fingerprint density at radius 1 is 0.938 bits per heavy atom. The van der Waals surface area contributed by atoms with Gasteiger partial charge in [-0.15, -0.1) is 0 Å². The summed E-state index contributed by atoms with van der Waals surface area (Å²) in [6.07, 6.45) is 1.84. The fraction of sp³-hybridized carbons (Fsp3) is 0. The maximum absolute atomic E-state index is 11.8. The first-order chi connectivity index (χ1) is 7.84. The van der Waals surface area contributed by atoms with Gasteiger partial charge in [0.15, 0.2) is 0 Å². The minimum absolute atomic E-state index is 0.0531. The van der Waals surface area contributed by atoms with Gasteiger partial charge in [-0.25, -0.2) is 0 Å². The zero-order chi connectivity index (χ0) is 11.0. The number of benzene rings is 1. The molecule has 0 aliphatic rings. The van der Waals surface area contributed by atoms with Crippen LogP contribution in [-0.4, -0.2) is 9.97 Å². The zero-order valence-corrected chi connectivity index (χ0v) is 8.53. The van der Waals surface area contributed by atoms with Crippen LogP contribution in [0.1, 0.15) is 0 Å². The van der Waals surface area contributed by atoms with Gasteiger partial charge in [0, 0.05) is 11.6 Å². The van der Waals surface area contributed by atoms with Crippen molar-refractivity contribution in [1.82, 2.24) is 9.97 Å². The second-order valence-corrected chi connectivity index (χ2v) is 3.68. The molecule has 0 atom stereocenters. The molecule has 1 aromatic carbocycles. The van der Waals surface area contributed by atoms with Crippen LogP contribution in [0.4, 0.5) is 0 Å². The number of H-pyrrole nitrogens is 2. The number of fused-ring (bicyclic) bond motifs is 1. The molecule has 0 bridgehead atoms. The third-order valence-electron chi connectivity index (χ3n) is 2.64. The van der Waals surface area contributed by atoms with Gasteiger partial charge in [0.05, 0.1) is 11.4 Å². The highest BCUT2D eigenvalue weighted by Crippen LogP contribution is 2.17. The molecule has 0 unspecified atom stereocenters. The summed E-state index contributed by atoms with van der Waals surface area (Å²) in [7, 11) is 0. The number of aromatic amines is 2. The fourth-order valence-corrected chi connectivity index (χ4v) is 1.85. The Morgan fingerprint density at radius 3 is 2.62 bits per heavy atom. The van der Waals surface area contributed by atoms with E-state index >= 15 is 0 Å². The molecule has 2 N–H and O–H groups in total. The largest absolute Gasteiger partial charge is 0.360 e. The van der Waals surface area contributed by atoms with E-state index in [4.69, 9.17) is 0 Å². The highest BCUT2D eigenvalue weighted by atomic mass is 16.1. The van der Waals surface area contributed by atoms with Crippen molar-refractivity contribution < 1.29 is 0 Å².